The van der Waals surface area contributed by atoms with Crippen LogP contribution in [0.2, 0.25) is 0 Å². The molecule has 0 aliphatic carbocycles. The number of carbonyl (C=O) groups is 1. The van der Waals surface area contributed by atoms with E-state index in [2.05, 4.69) is 20.4 Å². The lowest BCUT2D eigenvalue weighted by Crippen LogP contribution is -2.29. The van der Waals surface area contributed by atoms with E-state index >= 15 is 0 Å². The van der Waals surface area contributed by atoms with E-state index in [4.69, 9.17) is 4.74 Å². The van der Waals surface area contributed by atoms with Crippen LogP contribution < -0.4 is 10.2 Å². The maximum atomic E-state index is 11.8. The zero-order valence-corrected chi connectivity index (χ0v) is 12.0. The van der Waals surface area contributed by atoms with Gasteiger partial charge in [-0.1, -0.05) is 12.8 Å². The van der Waals surface area contributed by atoms with Gasteiger partial charge in [0.15, 0.2) is 11.5 Å². The van der Waals surface area contributed by atoms with E-state index < -0.39 is 0 Å². The van der Waals surface area contributed by atoms with Gasteiger partial charge in [-0.05, 0) is 25.0 Å². The number of amides is 1. The van der Waals surface area contributed by atoms with Crippen molar-refractivity contribution in [3.63, 3.8) is 0 Å². The number of aromatic nitrogens is 2. The fraction of sp³-hybridized carbons (Fsp3) is 0.643. The predicted octanol–water partition coefficient (Wildman–Crippen LogP) is 1.23. The van der Waals surface area contributed by atoms with E-state index in [0.29, 0.717) is 18.8 Å². The summed E-state index contributed by atoms with van der Waals surface area (Å²) in [5, 5.41) is 10.9. The van der Waals surface area contributed by atoms with Crippen molar-refractivity contribution in [1.29, 1.82) is 0 Å². The third-order valence-corrected chi connectivity index (χ3v) is 3.40. The molecule has 2 rings (SSSR count). The summed E-state index contributed by atoms with van der Waals surface area (Å²) in [6, 6.07) is 3.61. The number of ether oxygens (including phenoxy) is 1. The zero-order chi connectivity index (χ0) is 14.2. The summed E-state index contributed by atoms with van der Waals surface area (Å²) in [5.74, 6) is 0.650. The fourth-order valence-corrected chi connectivity index (χ4v) is 2.27. The van der Waals surface area contributed by atoms with Crippen molar-refractivity contribution in [2.24, 2.45) is 0 Å². The van der Waals surface area contributed by atoms with Crippen molar-refractivity contribution in [3.05, 3.63) is 17.8 Å². The van der Waals surface area contributed by atoms with Crippen LogP contribution in [0.1, 0.15) is 36.2 Å². The molecule has 0 spiro atoms. The van der Waals surface area contributed by atoms with E-state index in [1.807, 2.05) is 6.07 Å². The lowest BCUT2D eigenvalue weighted by atomic mass is 10.2. The van der Waals surface area contributed by atoms with Gasteiger partial charge < -0.3 is 15.0 Å². The highest BCUT2D eigenvalue weighted by Crippen LogP contribution is 2.16. The molecule has 6 nitrogen and oxygen atoms in total. The topological polar surface area (TPSA) is 67.3 Å². The maximum Gasteiger partial charge on any atom is 0.271 e. The Balaban J connectivity index is 1.93. The van der Waals surface area contributed by atoms with Gasteiger partial charge in [0.25, 0.3) is 5.91 Å². The number of nitrogens with one attached hydrogen (secondary N) is 1. The molecule has 0 aromatic carbocycles. The molecule has 0 bridgehead atoms. The number of hydrogen-bond donors (Lipinski definition) is 1. The van der Waals surface area contributed by atoms with Gasteiger partial charge in [0.05, 0.1) is 6.61 Å². The third kappa shape index (κ3) is 4.16. The lowest BCUT2D eigenvalue weighted by Gasteiger charge is -2.20. The Morgan fingerprint density at radius 2 is 2.00 bits per heavy atom. The van der Waals surface area contributed by atoms with Gasteiger partial charge in [-0.3, -0.25) is 4.79 Å². The highest BCUT2D eigenvalue weighted by Gasteiger charge is 2.13. The number of hydrogen-bond acceptors (Lipinski definition) is 5. The van der Waals surface area contributed by atoms with Crippen LogP contribution in [0.3, 0.4) is 0 Å². The Morgan fingerprint density at radius 3 is 2.60 bits per heavy atom. The second-order valence-corrected chi connectivity index (χ2v) is 4.93. The Labute approximate surface area is 119 Å². The minimum Gasteiger partial charge on any atom is -0.383 e. The van der Waals surface area contributed by atoms with Crippen molar-refractivity contribution >= 4 is 11.7 Å². The Morgan fingerprint density at radius 1 is 1.25 bits per heavy atom. The molecular formula is C14H22N4O2. The predicted molar refractivity (Wildman–Crippen MR) is 76.9 cm³/mol. The van der Waals surface area contributed by atoms with Crippen LogP contribution >= 0.6 is 0 Å². The monoisotopic (exact) mass is 278 g/mol. The molecule has 1 aromatic heterocycles. The van der Waals surface area contributed by atoms with Gasteiger partial charge in [-0.15, -0.1) is 10.2 Å². The zero-order valence-electron chi connectivity index (χ0n) is 12.0. The lowest BCUT2D eigenvalue weighted by molar-refractivity contribution is 0.0931. The summed E-state index contributed by atoms with van der Waals surface area (Å²) in [5.41, 5.74) is 0.347. The molecule has 1 amide bonds. The standard InChI is InChI=1S/C14H22N4O2/c1-20-11-8-15-14(19)12-6-7-13(17-16-12)18-9-4-2-3-5-10-18/h6-7H,2-5,8-11H2,1H3,(H,15,19). The molecule has 0 saturated carbocycles. The molecule has 1 aromatic rings. The van der Waals surface area contributed by atoms with Crippen LogP contribution in [0.4, 0.5) is 5.82 Å². The number of carbonyl (C=O) groups excluding carboxylic acids is 1. The molecule has 110 valence electrons. The Kier molecular flexibility index (Phi) is 5.73. The van der Waals surface area contributed by atoms with E-state index in [1.54, 1.807) is 13.2 Å². The maximum absolute atomic E-state index is 11.8. The number of nitrogens with zero attached hydrogens (tertiary/aromatic N) is 3. The summed E-state index contributed by atoms with van der Waals surface area (Å²) in [7, 11) is 1.60. The smallest absolute Gasteiger partial charge is 0.271 e. The second kappa shape index (κ2) is 7.79. The average Bonchev–Trinajstić information content (AvgIpc) is 2.77. The quantitative estimate of drug-likeness (QED) is 0.821. The molecule has 1 saturated heterocycles. The van der Waals surface area contributed by atoms with Gasteiger partial charge in [0.2, 0.25) is 0 Å². The van der Waals surface area contributed by atoms with Crippen LogP contribution in [-0.4, -0.2) is 49.5 Å². The van der Waals surface area contributed by atoms with Crippen LogP contribution in [0.25, 0.3) is 0 Å². The second-order valence-electron chi connectivity index (χ2n) is 4.93. The van der Waals surface area contributed by atoms with Crippen molar-refractivity contribution in [3.8, 4) is 0 Å². The molecule has 6 heteroatoms. The van der Waals surface area contributed by atoms with E-state index in [1.165, 1.54) is 25.7 Å². The number of rotatable bonds is 5. The van der Waals surface area contributed by atoms with Crippen molar-refractivity contribution < 1.29 is 9.53 Å². The van der Waals surface area contributed by atoms with Crippen LogP contribution in [0, 0.1) is 0 Å². The summed E-state index contributed by atoms with van der Waals surface area (Å²) >= 11 is 0. The van der Waals surface area contributed by atoms with E-state index in [-0.39, 0.29) is 5.91 Å². The Hall–Kier alpha value is -1.69. The highest BCUT2D eigenvalue weighted by molar-refractivity contribution is 5.92. The summed E-state index contributed by atoms with van der Waals surface area (Å²) < 4.78 is 4.88. The van der Waals surface area contributed by atoms with Crippen LogP contribution in [0.5, 0.6) is 0 Å². The fourth-order valence-electron chi connectivity index (χ4n) is 2.27. The molecule has 0 unspecified atom stereocenters. The summed E-state index contributed by atoms with van der Waals surface area (Å²) in [6.07, 6.45) is 4.95. The minimum absolute atomic E-state index is 0.211. The molecule has 2 heterocycles. The molecule has 20 heavy (non-hydrogen) atoms. The normalized spacial score (nSPS) is 15.8. The van der Waals surface area contributed by atoms with Gasteiger partial charge in [0.1, 0.15) is 0 Å². The van der Waals surface area contributed by atoms with Gasteiger partial charge >= 0.3 is 0 Å². The van der Waals surface area contributed by atoms with E-state index in [0.717, 1.165) is 18.9 Å². The first-order valence-electron chi connectivity index (χ1n) is 7.17. The highest BCUT2D eigenvalue weighted by atomic mass is 16.5. The molecule has 1 N–H and O–H groups in total. The first-order chi connectivity index (χ1) is 9.81. The Bertz CT molecular complexity index is 414. The minimum atomic E-state index is -0.211. The third-order valence-electron chi connectivity index (χ3n) is 3.40. The molecule has 1 aliphatic heterocycles. The number of anilines is 1. The number of methoxy groups -OCH3 is 1. The SMILES string of the molecule is COCCNC(=O)c1ccc(N2CCCCCC2)nn1. The van der Waals surface area contributed by atoms with Crippen molar-refractivity contribution in [2.45, 2.75) is 25.7 Å². The van der Waals surface area contributed by atoms with Crippen molar-refractivity contribution in [1.82, 2.24) is 15.5 Å². The molecule has 1 aliphatic rings. The van der Waals surface area contributed by atoms with E-state index in [9.17, 15) is 4.79 Å². The molecular weight excluding hydrogens is 256 g/mol. The first-order valence-corrected chi connectivity index (χ1v) is 7.17. The average molecular weight is 278 g/mol. The first kappa shape index (κ1) is 14.7. The van der Waals surface area contributed by atoms with Crippen LogP contribution in [-0.2, 0) is 4.74 Å². The van der Waals surface area contributed by atoms with Gasteiger partial charge in [0, 0.05) is 26.7 Å². The van der Waals surface area contributed by atoms with Gasteiger partial charge in [-0.25, -0.2) is 0 Å². The van der Waals surface area contributed by atoms with Crippen LogP contribution in [0.15, 0.2) is 12.1 Å². The summed E-state index contributed by atoms with van der Waals surface area (Å²) in [6.45, 7) is 3.01. The van der Waals surface area contributed by atoms with Crippen molar-refractivity contribution in [2.75, 3.05) is 38.3 Å². The van der Waals surface area contributed by atoms with Gasteiger partial charge in [-0.2, -0.15) is 0 Å². The summed E-state index contributed by atoms with van der Waals surface area (Å²) in [4.78, 5) is 14.0. The largest absolute Gasteiger partial charge is 0.383 e. The molecule has 1 fully saturated rings. The molecule has 0 radical (unpaired) electrons. The molecule has 0 atom stereocenters.